The second-order valence-corrected chi connectivity index (χ2v) is 4.49. The van der Waals surface area contributed by atoms with Gasteiger partial charge in [0.25, 0.3) is 0 Å². The Morgan fingerprint density at radius 2 is 2.27 bits per heavy atom. The molecule has 4 nitrogen and oxygen atoms in total. The van der Waals surface area contributed by atoms with Gasteiger partial charge in [0.1, 0.15) is 5.69 Å². The van der Waals surface area contributed by atoms with Gasteiger partial charge in [-0.2, -0.15) is 0 Å². The average Bonchev–Trinajstić information content (AvgIpc) is 2.66. The maximum Gasteiger partial charge on any atom is 0.111 e. The summed E-state index contributed by atoms with van der Waals surface area (Å²) in [4.78, 5) is 0. The summed E-state index contributed by atoms with van der Waals surface area (Å²) in [5.74, 6) is 0. The van der Waals surface area contributed by atoms with Gasteiger partial charge in [0.05, 0.1) is 18.0 Å². The quantitative estimate of drug-likeness (QED) is 0.862. The van der Waals surface area contributed by atoms with Crippen LogP contribution in [-0.2, 0) is 0 Å². The van der Waals surface area contributed by atoms with Crippen LogP contribution < -0.4 is 0 Å². The van der Waals surface area contributed by atoms with Gasteiger partial charge in [-0.3, -0.25) is 0 Å². The van der Waals surface area contributed by atoms with Crippen molar-refractivity contribution in [1.29, 1.82) is 0 Å². The van der Waals surface area contributed by atoms with E-state index < -0.39 is 6.10 Å². The van der Waals surface area contributed by atoms with Gasteiger partial charge in [0.2, 0.25) is 0 Å². The topological polar surface area (TPSA) is 50.9 Å². The molecule has 0 saturated heterocycles. The Labute approximate surface area is 101 Å². The van der Waals surface area contributed by atoms with E-state index in [-0.39, 0.29) is 0 Å². The first-order valence-electron chi connectivity index (χ1n) is 4.53. The normalized spacial score (nSPS) is 12.7. The second-order valence-electron chi connectivity index (χ2n) is 3.24. The summed E-state index contributed by atoms with van der Waals surface area (Å²) in [6.45, 7) is 1.67. The van der Waals surface area contributed by atoms with Gasteiger partial charge in [-0.1, -0.05) is 11.3 Å². The molecule has 1 heterocycles. The summed E-state index contributed by atoms with van der Waals surface area (Å²) in [6, 6.07) is 7.92. The molecular formula is C10H10IN3O. The van der Waals surface area contributed by atoms with Crippen molar-refractivity contribution in [2.45, 2.75) is 13.0 Å². The van der Waals surface area contributed by atoms with E-state index in [4.69, 9.17) is 0 Å². The van der Waals surface area contributed by atoms with Gasteiger partial charge in [0.15, 0.2) is 0 Å². The van der Waals surface area contributed by atoms with E-state index in [1.807, 2.05) is 24.3 Å². The molecule has 2 rings (SSSR count). The predicted octanol–water partition coefficient (Wildman–Crippen LogP) is 1.93. The average molecular weight is 315 g/mol. The lowest BCUT2D eigenvalue weighted by Gasteiger charge is -1.99. The van der Waals surface area contributed by atoms with Crippen LogP contribution in [0.4, 0.5) is 0 Å². The fourth-order valence-corrected chi connectivity index (χ4v) is 1.74. The number of rotatable bonds is 2. The molecule has 2 aromatic rings. The van der Waals surface area contributed by atoms with Gasteiger partial charge in [-0.25, -0.2) is 4.68 Å². The van der Waals surface area contributed by atoms with Crippen molar-refractivity contribution >= 4 is 22.6 Å². The number of hydrogen-bond acceptors (Lipinski definition) is 3. The molecule has 1 aromatic heterocycles. The first kappa shape index (κ1) is 10.6. The Kier molecular flexibility index (Phi) is 3.01. The third-order valence-corrected chi connectivity index (χ3v) is 2.68. The van der Waals surface area contributed by atoms with Crippen molar-refractivity contribution in [3.8, 4) is 5.69 Å². The van der Waals surface area contributed by atoms with Crippen LogP contribution in [0.25, 0.3) is 5.69 Å². The van der Waals surface area contributed by atoms with E-state index in [9.17, 15) is 5.11 Å². The molecule has 1 N–H and O–H groups in total. The third-order valence-electron chi connectivity index (χ3n) is 2.01. The summed E-state index contributed by atoms with van der Waals surface area (Å²) in [6.07, 6.45) is 1.15. The van der Waals surface area contributed by atoms with Crippen LogP contribution in [0.15, 0.2) is 30.5 Å². The SMILES string of the molecule is CC(O)c1cn(-c2cccc(I)c2)nn1. The molecule has 0 radical (unpaired) electrons. The Bertz CT molecular complexity index is 467. The van der Waals surface area contributed by atoms with Crippen LogP contribution in [0.2, 0.25) is 0 Å². The lowest BCUT2D eigenvalue weighted by atomic mass is 10.3. The summed E-state index contributed by atoms with van der Waals surface area (Å²) < 4.78 is 2.80. The molecule has 1 unspecified atom stereocenters. The molecule has 0 aliphatic heterocycles. The molecule has 0 aliphatic rings. The fourth-order valence-electron chi connectivity index (χ4n) is 1.21. The minimum Gasteiger partial charge on any atom is -0.387 e. The zero-order valence-corrected chi connectivity index (χ0v) is 10.3. The van der Waals surface area contributed by atoms with Crippen molar-refractivity contribution in [1.82, 2.24) is 15.0 Å². The molecule has 0 bridgehead atoms. The Hall–Kier alpha value is -0.950. The molecular weight excluding hydrogens is 305 g/mol. The Morgan fingerprint density at radius 1 is 1.47 bits per heavy atom. The lowest BCUT2D eigenvalue weighted by Crippen LogP contribution is -1.94. The van der Waals surface area contributed by atoms with Crippen molar-refractivity contribution in [3.05, 3.63) is 39.7 Å². The number of aliphatic hydroxyl groups is 1. The smallest absolute Gasteiger partial charge is 0.111 e. The van der Waals surface area contributed by atoms with E-state index in [1.54, 1.807) is 17.8 Å². The Balaban J connectivity index is 2.37. The first-order chi connectivity index (χ1) is 7.16. The van der Waals surface area contributed by atoms with Gasteiger partial charge >= 0.3 is 0 Å². The summed E-state index contributed by atoms with van der Waals surface area (Å²) in [7, 11) is 0. The molecule has 0 fully saturated rings. The van der Waals surface area contributed by atoms with Crippen LogP contribution in [0, 0.1) is 3.57 Å². The molecule has 5 heteroatoms. The number of nitrogens with zero attached hydrogens (tertiary/aromatic N) is 3. The molecule has 0 spiro atoms. The molecule has 0 saturated carbocycles. The number of hydrogen-bond donors (Lipinski definition) is 1. The molecule has 1 atom stereocenters. The first-order valence-corrected chi connectivity index (χ1v) is 5.61. The molecule has 0 aliphatic carbocycles. The monoisotopic (exact) mass is 315 g/mol. The van der Waals surface area contributed by atoms with Crippen molar-refractivity contribution in [2.75, 3.05) is 0 Å². The van der Waals surface area contributed by atoms with Gasteiger partial charge < -0.3 is 5.11 Å². The summed E-state index contributed by atoms with van der Waals surface area (Å²) in [5.41, 5.74) is 1.52. The highest BCUT2D eigenvalue weighted by molar-refractivity contribution is 14.1. The predicted molar refractivity (Wildman–Crippen MR) is 64.7 cm³/mol. The fraction of sp³-hybridized carbons (Fsp3) is 0.200. The zero-order valence-electron chi connectivity index (χ0n) is 8.13. The number of aromatic nitrogens is 3. The van der Waals surface area contributed by atoms with Gasteiger partial charge in [-0.15, -0.1) is 5.10 Å². The minimum atomic E-state index is -0.582. The molecule has 15 heavy (non-hydrogen) atoms. The molecule has 78 valence electrons. The number of halogens is 1. The summed E-state index contributed by atoms with van der Waals surface area (Å²) >= 11 is 2.24. The summed E-state index contributed by atoms with van der Waals surface area (Å²) in [5, 5.41) is 17.2. The van der Waals surface area contributed by atoms with Crippen LogP contribution in [0.3, 0.4) is 0 Å². The molecule has 0 amide bonds. The largest absolute Gasteiger partial charge is 0.387 e. The van der Waals surface area contributed by atoms with E-state index in [1.165, 1.54) is 0 Å². The third kappa shape index (κ3) is 2.35. The zero-order chi connectivity index (χ0) is 10.8. The van der Waals surface area contributed by atoms with E-state index in [0.717, 1.165) is 9.26 Å². The molecule has 1 aromatic carbocycles. The van der Waals surface area contributed by atoms with E-state index in [2.05, 4.69) is 32.9 Å². The van der Waals surface area contributed by atoms with E-state index in [0.29, 0.717) is 5.69 Å². The van der Waals surface area contributed by atoms with Crippen molar-refractivity contribution in [3.63, 3.8) is 0 Å². The maximum atomic E-state index is 9.32. The highest BCUT2D eigenvalue weighted by atomic mass is 127. The second kappa shape index (κ2) is 4.28. The lowest BCUT2D eigenvalue weighted by molar-refractivity contribution is 0.194. The van der Waals surface area contributed by atoms with E-state index >= 15 is 0 Å². The highest BCUT2D eigenvalue weighted by Gasteiger charge is 2.07. The maximum absolute atomic E-state index is 9.32. The standard InChI is InChI=1S/C10H10IN3O/c1-7(15)10-6-14(13-12-10)9-4-2-3-8(11)5-9/h2-7,15H,1H3. The van der Waals surface area contributed by atoms with Crippen LogP contribution >= 0.6 is 22.6 Å². The number of benzene rings is 1. The Morgan fingerprint density at radius 3 is 2.87 bits per heavy atom. The van der Waals surface area contributed by atoms with Crippen LogP contribution in [0.1, 0.15) is 18.7 Å². The van der Waals surface area contributed by atoms with Crippen molar-refractivity contribution in [2.24, 2.45) is 0 Å². The van der Waals surface area contributed by atoms with Gasteiger partial charge in [0, 0.05) is 3.57 Å². The highest BCUT2D eigenvalue weighted by Crippen LogP contribution is 2.13. The van der Waals surface area contributed by atoms with Crippen LogP contribution in [-0.4, -0.2) is 20.1 Å². The van der Waals surface area contributed by atoms with Crippen LogP contribution in [0.5, 0.6) is 0 Å². The minimum absolute atomic E-state index is 0.578. The number of aliphatic hydroxyl groups excluding tert-OH is 1. The van der Waals surface area contributed by atoms with Crippen molar-refractivity contribution < 1.29 is 5.11 Å². The van der Waals surface area contributed by atoms with Gasteiger partial charge in [-0.05, 0) is 47.7 Å².